The highest BCUT2D eigenvalue weighted by Gasteiger charge is 2.20. The Balaban J connectivity index is 2.52. The van der Waals surface area contributed by atoms with Crippen LogP contribution in [0.15, 0.2) is 18.3 Å². The van der Waals surface area contributed by atoms with Crippen molar-refractivity contribution in [1.29, 1.82) is 0 Å². The van der Waals surface area contributed by atoms with Gasteiger partial charge in [-0.1, -0.05) is 13.3 Å². The average molecular weight is 291 g/mol. The summed E-state index contributed by atoms with van der Waals surface area (Å²) in [5.41, 5.74) is 1.92. The number of hydrogen-bond acceptors (Lipinski definition) is 4. The molecular formula is C15H21N3O3. The lowest BCUT2D eigenvalue weighted by Gasteiger charge is -2.07. The van der Waals surface area contributed by atoms with E-state index in [1.54, 1.807) is 10.6 Å². The van der Waals surface area contributed by atoms with Gasteiger partial charge in [-0.05, 0) is 25.5 Å². The molecule has 0 spiro atoms. The first-order valence-electron chi connectivity index (χ1n) is 7.24. The van der Waals surface area contributed by atoms with Crippen LogP contribution in [0.4, 0.5) is 0 Å². The molecule has 0 radical (unpaired) electrons. The van der Waals surface area contributed by atoms with Crippen molar-refractivity contribution < 1.29 is 14.6 Å². The molecule has 0 aromatic carbocycles. The van der Waals surface area contributed by atoms with Crippen molar-refractivity contribution in [3.05, 3.63) is 29.7 Å². The van der Waals surface area contributed by atoms with Crippen LogP contribution in [-0.2, 0) is 6.42 Å². The van der Waals surface area contributed by atoms with Crippen molar-refractivity contribution in [3.8, 4) is 5.75 Å². The number of ether oxygens (including phenoxy) is 1. The monoisotopic (exact) mass is 291 g/mol. The molecule has 6 nitrogen and oxygen atoms in total. The predicted molar refractivity (Wildman–Crippen MR) is 79.8 cm³/mol. The van der Waals surface area contributed by atoms with Crippen LogP contribution in [0.2, 0.25) is 0 Å². The molecule has 0 saturated carbocycles. The first-order valence-corrected chi connectivity index (χ1v) is 7.24. The van der Waals surface area contributed by atoms with Gasteiger partial charge in [0.2, 0.25) is 0 Å². The molecule has 0 aliphatic carbocycles. The lowest BCUT2D eigenvalue weighted by atomic mass is 10.2. The maximum atomic E-state index is 12.3. The van der Waals surface area contributed by atoms with Crippen LogP contribution in [0.1, 0.15) is 36.5 Å². The number of aryl methyl sites for hydroxylation is 1. The van der Waals surface area contributed by atoms with E-state index in [0.717, 1.165) is 18.5 Å². The minimum Gasteiger partial charge on any atom is -0.490 e. The SMILES string of the molecule is CCCc1nc2c(OCC)cccn2c1C(=O)NCCO. The van der Waals surface area contributed by atoms with E-state index < -0.39 is 0 Å². The standard InChI is InChI=1S/C15H21N3O3/c1-3-6-11-13(15(20)16-8-10-19)18-9-5-7-12(21-4-2)14(18)17-11/h5,7,9,19H,3-4,6,8,10H2,1-2H3,(H,16,20). The van der Waals surface area contributed by atoms with Crippen LogP contribution < -0.4 is 10.1 Å². The number of carbonyl (C=O) groups is 1. The summed E-state index contributed by atoms with van der Waals surface area (Å²) in [5.74, 6) is 0.437. The van der Waals surface area contributed by atoms with Crippen LogP contribution in [0, 0.1) is 0 Å². The van der Waals surface area contributed by atoms with Gasteiger partial charge in [-0.2, -0.15) is 0 Å². The van der Waals surface area contributed by atoms with E-state index in [2.05, 4.69) is 10.3 Å². The summed E-state index contributed by atoms with van der Waals surface area (Å²) in [6.45, 7) is 4.64. The van der Waals surface area contributed by atoms with Gasteiger partial charge in [-0.15, -0.1) is 0 Å². The molecule has 114 valence electrons. The molecule has 0 aliphatic rings. The fourth-order valence-corrected chi connectivity index (χ4v) is 2.26. The normalized spacial score (nSPS) is 10.8. The van der Waals surface area contributed by atoms with Gasteiger partial charge in [0.15, 0.2) is 11.4 Å². The van der Waals surface area contributed by atoms with Crippen LogP contribution in [0.25, 0.3) is 5.65 Å². The second-order valence-corrected chi connectivity index (χ2v) is 4.64. The van der Waals surface area contributed by atoms with E-state index in [1.807, 2.05) is 26.0 Å². The summed E-state index contributed by atoms with van der Waals surface area (Å²) in [6, 6.07) is 3.68. The zero-order valence-electron chi connectivity index (χ0n) is 12.4. The predicted octanol–water partition coefficient (Wildman–Crippen LogP) is 1.41. The van der Waals surface area contributed by atoms with Crippen molar-refractivity contribution >= 4 is 11.6 Å². The first kappa shape index (κ1) is 15.3. The van der Waals surface area contributed by atoms with Crippen molar-refractivity contribution in [3.63, 3.8) is 0 Å². The highest BCUT2D eigenvalue weighted by atomic mass is 16.5. The second kappa shape index (κ2) is 7.08. The molecule has 0 unspecified atom stereocenters. The molecule has 0 atom stereocenters. The number of aromatic nitrogens is 2. The quantitative estimate of drug-likeness (QED) is 0.808. The smallest absolute Gasteiger partial charge is 0.270 e. The highest BCUT2D eigenvalue weighted by molar-refractivity contribution is 5.95. The fraction of sp³-hybridized carbons (Fsp3) is 0.467. The highest BCUT2D eigenvalue weighted by Crippen LogP contribution is 2.23. The van der Waals surface area contributed by atoms with Crippen molar-refractivity contribution in [1.82, 2.24) is 14.7 Å². The number of fused-ring (bicyclic) bond motifs is 1. The summed E-state index contributed by atoms with van der Waals surface area (Å²) in [5, 5.41) is 11.5. The van der Waals surface area contributed by atoms with Crippen molar-refractivity contribution in [2.45, 2.75) is 26.7 Å². The van der Waals surface area contributed by atoms with Gasteiger partial charge in [0, 0.05) is 12.7 Å². The van der Waals surface area contributed by atoms with E-state index in [4.69, 9.17) is 9.84 Å². The zero-order chi connectivity index (χ0) is 15.2. The molecule has 2 N–H and O–H groups in total. The topological polar surface area (TPSA) is 75.9 Å². The van der Waals surface area contributed by atoms with Gasteiger partial charge in [0.05, 0.1) is 18.9 Å². The molecule has 21 heavy (non-hydrogen) atoms. The molecular weight excluding hydrogens is 270 g/mol. The summed E-state index contributed by atoms with van der Waals surface area (Å²) in [7, 11) is 0. The van der Waals surface area contributed by atoms with Crippen LogP contribution in [0.5, 0.6) is 5.75 Å². The number of pyridine rings is 1. The Morgan fingerprint density at radius 2 is 2.29 bits per heavy atom. The Labute approximate surface area is 123 Å². The van der Waals surface area contributed by atoms with Gasteiger partial charge in [-0.25, -0.2) is 4.98 Å². The third-order valence-corrected chi connectivity index (χ3v) is 3.09. The number of aliphatic hydroxyl groups excluding tert-OH is 1. The number of nitrogens with zero attached hydrogens (tertiary/aromatic N) is 2. The van der Waals surface area contributed by atoms with Gasteiger partial charge < -0.3 is 15.2 Å². The Morgan fingerprint density at radius 3 is 2.95 bits per heavy atom. The number of amides is 1. The maximum Gasteiger partial charge on any atom is 0.270 e. The number of imidazole rings is 1. The summed E-state index contributed by atoms with van der Waals surface area (Å²) < 4.78 is 7.32. The van der Waals surface area contributed by atoms with Crippen molar-refractivity contribution in [2.24, 2.45) is 0 Å². The minimum atomic E-state index is -0.228. The number of hydrogen-bond donors (Lipinski definition) is 2. The summed E-state index contributed by atoms with van der Waals surface area (Å²) >= 11 is 0. The third kappa shape index (κ3) is 3.16. The molecule has 1 amide bonds. The Bertz CT molecular complexity index is 622. The largest absolute Gasteiger partial charge is 0.490 e. The van der Waals surface area contributed by atoms with Gasteiger partial charge in [0.25, 0.3) is 5.91 Å². The lowest BCUT2D eigenvalue weighted by molar-refractivity contribution is 0.0938. The average Bonchev–Trinajstić information content (AvgIpc) is 2.85. The Hall–Kier alpha value is -2.08. The molecule has 2 aromatic rings. The Morgan fingerprint density at radius 1 is 1.48 bits per heavy atom. The van der Waals surface area contributed by atoms with Gasteiger partial charge in [-0.3, -0.25) is 9.20 Å². The van der Waals surface area contributed by atoms with Crippen LogP contribution >= 0.6 is 0 Å². The number of carbonyl (C=O) groups excluding carboxylic acids is 1. The molecule has 2 heterocycles. The van der Waals surface area contributed by atoms with Crippen molar-refractivity contribution in [2.75, 3.05) is 19.8 Å². The Kier molecular flexibility index (Phi) is 5.16. The first-order chi connectivity index (χ1) is 10.2. The minimum absolute atomic E-state index is 0.0875. The zero-order valence-corrected chi connectivity index (χ0v) is 12.4. The second-order valence-electron chi connectivity index (χ2n) is 4.64. The van der Waals surface area contributed by atoms with Crippen LogP contribution in [-0.4, -0.2) is 40.2 Å². The summed E-state index contributed by atoms with van der Waals surface area (Å²) in [4.78, 5) is 16.9. The van der Waals surface area contributed by atoms with E-state index in [-0.39, 0.29) is 19.1 Å². The lowest BCUT2D eigenvalue weighted by Crippen LogP contribution is -2.28. The number of nitrogens with one attached hydrogen (secondary N) is 1. The van der Waals surface area contributed by atoms with E-state index in [9.17, 15) is 4.79 Å². The van der Waals surface area contributed by atoms with Crippen LogP contribution in [0.3, 0.4) is 0 Å². The van der Waals surface area contributed by atoms with E-state index >= 15 is 0 Å². The van der Waals surface area contributed by atoms with E-state index in [1.165, 1.54) is 0 Å². The molecule has 0 aliphatic heterocycles. The molecule has 2 rings (SSSR count). The molecule has 0 fully saturated rings. The van der Waals surface area contributed by atoms with Gasteiger partial charge in [0.1, 0.15) is 5.69 Å². The van der Waals surface area contributed by atoms with E-state index in [0.29, 0.717) is 23.7 Å². The number of rotatable bonds is 7. The number of aliphatic hydroxyl groups is 1. The fourth-order valence-electron chi connectivity index (χ4n) is 2.26. The molecule has 6 heteroatoms. The summed E-state index contributed by atoms with van der Waals surface area (Å²) in [6.07, 6.45) is 3.42. The molecule has 0 bridgehead atoms. The molecule has 2 aromatic heterocycles. The maximum absolute atomic E-state index is 12.3. The third-order valence-electron chi connectivity index (χ3n) is 3.09. The van der Waals surface area contributed by atoms with Gasteiger partial charge >= 0.3 is 0 Å². The molecule has 0 saturated heterocycles.